The van der Waals surface area contributed by atoms with Crippen molar-refractivity contribution in [3.63, 3.8) is 0 Å². The van der Waals surface area contributed by atoms with E-state index < -0.39 is 0 Å². The van der Waals surface area contributed by atoms with Crippen LogP contribution < -0.4 is 10.1 Å². The summed E-state index contributed by atoms with van der Waals surface area (Å²) in [5, 5.41) is 3.43. The van der Waals surface area contributed by atoms with Crippen LogP contribution in [0.5, 0.6) is 5.75 Å². The number of hydrogen-bond acceptors (Lipinski definition) is 2. The van der Waals surface area contributed by atoms with E-state index in [0.717, 1.165) is 18.0 Å². The summed E-state index contributed by atoms with van der Waals surface area (Å²) >= 11 is 0. The van der Waals surface area contributed by atoms with Crippen LogP contribution in [0, 0.1) is 0 Å². The zero-order valence-corrected chi connectivity index (χ0v) is 13.4. The zero-order valence-electron chi connectivity index (χ0n) is 13.4. The first-order chi connectivity index (χ1) is 10.0. The maximum atomic E-state index is 5.64. The summed E-state index contributed by atoms with van der Waals surface area (Å²) in [6, 6.07) is 16.9. The molecule has 0 amide bonds. The minimum absolute atomic E-state index is 0.211. The summed E-state index contributed by atoms with van der Waals surface area (Å²) < 4.78 is 5.64. The maximum Gasteiger partial charge on any atom is 0.119 e. The topological polar surface area (TPSA) is 21.3 Å². The molecule has 112 valence electrons. The second-order valence-corrected chi connectivity index (χ2v) is 5.94. The Kier molecular flexibility index (Phi) is 5.26. The summed E-state index contributed by atoms with van der Waals surface area (Å²) in [5.74, 6) is 1.50. The maximum absolute atomic E-state index is 5.64. The van der Waals surface area contributed by atoms with Gasteiger partial charge < -0.3 is 10.1 Å². The Bertz CT molecular complexity index is 541. The Labute approximate surface area is 128 Å². The summed E-state index contributed by atoms with van der Waals surface area (Å²) in [7, 11) is 0. The molecule has 0 heterocycles. The summed E-state index contributed by atoms with van der Waals surface area (Å²) in [4.78, 5) is 0. The molecular formula is C19H25NO. The smallest absolute Gasteiger partial charge is 0.119 e. The van der Waals surface area contributed by atoms with Gasteiger partial charge in [-0.1, -0.05) is 38.1 Å². The fraction of sp³-hybridized carbons (Fsp3) is 0.368. The van der Waals surface area contributed by atoms with Gasteiger partial charge in [-0.15, -0.1) is 0 Å². The lowest BCUT2D eigenvalue weighted by Crippen LogP contribution is -2.05. The average Bonchev–Trinajstić information content (AvgIpc) is 2.46. The molecule has 2 rings (SSSR count). The van der Waals surface area contributed by atoms with E-state index in [1.165, 1.54) is 11.1 Å². The molecule has 0 fully saturated rings. The van der Waals surface area contributed by atoms with Crippen molar-refractivity contribution in [2.24, 2.45) is 0 Å². The van der Waals surface area contributed by atoms with Crippen LogP contribution in [0.4, 0.5) is 5.69 Å². The summed E-state index contributed by atoms with van der Waals surface area (Å²) in [5.41, 5.74) is 3.79. The van der Waals surface area contributed by atoms with Gasteiger partial charge in [0, 0.05) is 12.2 Å². The largest absolute Gasteiger partial charge is 0.491 e. The van der Waals surface area contributed by atoms with Crippen molar-refractivity contribution in [1.82, 2.24) is 0 Å². The van der Waals surface area contributed by atoms with Crippen molar-refractivity contribution in [1.29, 1.82) is 0 Å². The highest BCUT2D eigenvalue weighted by molar-refractivity contribution is 5.47. The predicted octanol–water partition coefficient (Wildman–Crippen LogP) is 5.21. The fourth-order valence-corrected chi connectivity index (χ4v) is 2.15. The van der Waals surface area contributed by atoms with E-state index in [-0.39, 0.29) is 6.10 Å². The Hall–Kier alpha value is -1.96. The first-order valence-corrected chi connectivity index (χ1v) is 7.64. The highest BCUT2D eigenvalue weighted by atomic mass is 16.5. The lowest BCUT2D eigenvalue weighted by molar-refractivity contribution is 0.242. The van der Waals surface area contributed by atoms with Gasteiger partial charge in [0.15, 0.2) is 0 Å². The zero-order chi connectivity index (χ0) is 15.2. The molecular weight excluding hydrogens is 258 g/mol. The number of anilines is 1. The van der Waals surface area contributed by atoms with E-state index in [9.17, 15) is 0 Å². The highest BCUT2D eigenvalue weighted by Crippen LogP contribution is 2.18. The predicted molar refractivity (Wildman–Crippen MR) is 90.1 cm³/mol. The molecule has 1 N–H and O–H groups in total. The number of rotatable bonds is 6. The number of ether oxygens (including phenoxy) is 1. The Balaban J connectivity index is 1.90. The molecule has 0 atom stereocenters. The lowest BCUT2D eigenvalue weighted by Gasteiger charge is -2.11. The monoisotopic (exact) mass is 283 g/mol. The van der Waals surface area contributed by atoms with Crippen LogP contribution in [-0.4, -0.2) is 6.10 Å². The normalized spacial score (nSPS) is 11.0. The molecule has 0 aliphatic rings. The van der Waals surface area contributed by atoms with Gasteiger partial charge in [-0.2, -0.15) is 0 Å². The van der Waals surface area contributed by atoms with Gasteiger partial charge in [0.1, 0.15) is 5.75 Å². The van der Waals surface area contributed by atoms with Crippen LogP contribution >= 0.6 is 0 Å². The third kappa shape index (κ3) is 4.82. The third-order valence-corrected chi connectivity index (χ3v) is 3.37. The van der Waals surface area contributed by atoms with Crippen LogP contribution in [0.25, 0.3) is 0 Å². The van der Waals surface area contributed by atoms with Crippen molar-refractivity contribution in [2.45, 2.75) is 46.3 Å². The van der Waals surface area contributed by atoms with Crippen molar-refractivity contribution >= 4 is 5.69 Å². The van der Waals surface area contributed by atoms with Gasteiger partial charge in [-0.25, -0.2) is 0 Å². The lowest BCUT2D eigenvalue weighted by atomic mass is 10.0. The molecule has 0 saturated carbocycles. The van der Waals surface area contributed by atoms with Crippen molar-refractivity contribution < 1.29 is 4.74 Å². The van der Waals surface area contributed by atoms with Gasteiger partial charge in [-0.3, -0.25) is 0 Å². The van der Waals surface area contributed by atoms with Gasteiger partial charge in [0.2, 0.25) is 0 Å². The number of nitrogens with one attached hydrogen (secondary N) is 1. The van der Waals surface area contributed by atoms with Gasteiger partial charge in [-0.05, 0) is 55.2 Å². The summed E-state index contributed by atoms with van der Waals surface area (Å²) in [6.45, 7) is 9.34. The van der Waals surface area contributed by atoms with E-state index in [1.54, 1.807) is 0 Å². The molecule has 0 saturated heterocycles. The van der Waals surface area contributed by atoms with E-state index in [0.29, 0.717) is 5.92 Å². The molecule has 0 spiro atoms. The van der Waals surface area contributed by atoms with Crippen LogP contribution in [0.15, 0.2) is 48.5 Å². The molecule has 21 heavy (non-hydrogen) atoms. The van der Waals surface area contributed by atoms with E-state index in [1.807, 2.05) is 26.0 Å². The quantitative estimate of drug-likeness (QED) is 0.785. The minimum atomic E-state index is 0.211. The molecule has 2 aromatic carbocycles. The SMILES string of the molecule is CC(C)Oc1ccc(NCc2ccc(C(C)C)cc2)cc1. The molecule has 0 aliphatic heterocycles. The Morgan fingerprint density at radius 2 is 1.48 bits per heavy atom. The standard InChI is InChI=1S/C19H25NO/c1-14(2)17-7-5-16(6-8-17)13-20-18-9-11-19(12-10-18)21-15(3)4/h5-12,14-15,20H,13H2,1-4H3. The van der Waals surface area contributed by atoms with E-state index in [2.05, 4.69) is 55.6 Å². The summed E-state index contributed by atoms with van der Waals surface area (Å²) in [6.07, 6.45) is 0.211. The van der Waals surface area contributed by atoms with Crippen LogP contribution in [-0.2, 0) is 6.54 Å². The molecule has 2 aromatic rings. The first-order valence-electron chi connectivity index (χ1n) is 7.64. The van der Waals surface area contributed by atoms with Crippen LogP contribution in [0.1, 0.15) is 44.7 Å². The van der Waals surface area contributed by atoms with Crippen molar-refractivity contribution in [2.75, 3.05) is 5.32 Å². The third-order valence-electron chi connectivity index (χ3n) is 3.37. The first kappa shape index (κ1) is 15.4. The fourth-order valence-electron chi connectivity index (χ4n) is 2.15. The molecule has 2 heteroatoms. The molecule has 0 unspecified atom stereocenters. The second-order valence-electron chi connectivity index (χ2n) is 5.94. The highest BCUT2D eigenvalue weighted by Gasteiger charge is 2.00. The molecule has 2 nitrogen and oxygen atoms in total. The number of benzene rings is 2. The minimum Gasteiger partial charge on any atom is -0.491 e. The van der Waals surface area contributed by atoms with Gasteiger partial charge in [0.05, 0.1) is 6.10 Å². The van der Waals surface area contributed by atoms with E-state index >= 15 is 0 Å². The molecule has 0 bridgehead atoms. The molecule has 0 radical (unpaired) electrons. The molecule has 0 aliphatic carbocycles. The van der Waals surface area contributed by atoms with Crippen molar-refractivity contribution in [3.05, 3.63) is 59.7 Å². The average molecular weight is 283 g/mol. The van der Waals surface area contributed by atoms with E-state index in [4.69, 9.17) is 4.74 Å². The second kappa shape index (κ2) is 7.16. The Morgan fingerprint density at radius 3 is 2.00 bits per heavy atom. The Morgan fingerprint density at radius 1 is 0.857 bits per heavy atom. The molecule has 0 aromatic heterocycles. The van der Waals surface area contributed by atoms with Crippen LogP contribution in [0.2, 0.25) is 0 Å². The number of hydrogen-bond donors (Lipinski definition) is 1. The van der Waals surface area contributed by atoms with Gasteiger partial charge in [0.25, 0.3) is 0 Å². The van der Waals surface area contributed by atoms with Gasteiger partial charge >= 0.3 is 0 Å². The van der Waals surface area contributed by atoms with Crippen LogP contribution in [0.3, 0.4) is 0 Å². The van der Waals surface area contributed by atoms with Crippen molar-refractivity contribution in [3.8, 4) is 5.75 Å².